The van der Waals surface area contributed by atoms with Crippen molar-refractivity contribution >= 4 is 6.03 Å². The van der Waals surface area contributed by atoms with Crippen molar-refractivity contribution in [1.82, 2.24) is 25.2 Å². The highest BCUT2D eigenvalue weighted by atomic mass is 16.2. The quantitative estimate of drug-likeness (QED) is 0.861. The lowest BCUT2D eigenvalue weighted by atomic mass is 10.2. The van der Waals surface area contributed by atoms with Crippen molar-refractivity contribution < 1.29 is 4.79 Å². The van der Waals surface area contributed by atoms with Gasteiger partial charge in [0.05, 0.1) is 0 Å². The molecule has 2 rings (SSSR count). The van der Waals surface area contributed by atoms with Crippen LogP contribution in [-0.2, 0) is 6.54 Å². The van der Waals surface area contributed by atoms with Crippen LogP contribution in [0.15, 0.2) is 30.7 Å². The van der Waals surface area contributed by atoms with Crippen molar-refractivity contribution in [3.8, 4) is 5.82 Å². The fraction of sp³-hybridized carbons (Fsp3) is 0.438. The van der Waals surface area contributed by atoms with Gasteiger partial charge in [0.15, 0.2) is 0 Å². The molecule has 0 aliphatic rings. The number of aromatic nitrogens is 3. The third kappa shape index (κ3) is 4.07. The summed E-state index contributed by atoms with van der Waals surface area (Å²) in [6.45, 7) is 6.53. The molecule has 0 aliphatic heterocycles. The van der Waals surface area contributed by atoms with Gasteiger partial charge in [0.2, 0.25) is 0 Å². The van der Waals surface area contributed by atoms with E-state index in [-0.39, 0.29) is 12.1 Å². The van der Waals surface area contributed by atoms with E-state index in [1.807, 2.05) is 29.8 Å². The highest BCUT2D eigenvalue weighted by Gasteiger charge is 2.08. The molecule has 2 amide bonds. The predicted octanol–water partition coefficient (Wildman–Crippen LogP) is 2.56. The summed E-state index contributed by atoms with van der Waals surface area (Å²) < 4.78 is 1.91. The molecule has 0 saturated carbocycles. The smallest absolute Gasteiger partial charge is 0.315 e. The molecule has 0 bridgehead atoms. The van der Waals surface area contributed by atoms with Crippen LogP contribution in [0, 0.1) is 6.92 Å². The first-order chi connectivity index (χ1) is 10.6. The van der Waals surface area contributed by atoms with Crippen molar-refractivity contribution in [1.29, 1.82) is 0 Å². The summed E-state index contributed by atoms with van der Waals surface area (Å²) in [6.07, 6.45) is 7.22. The maximum atomic E-state index is 11.9. The van der Waals surface area contributed by atoms with Crippen LogP contribution < -0.4 is 10.6 Å². The molecule has 0 saturated heterocycles. The monoisotopic (exact) mass is 301 g/mol. The van der Waals surface area contributed by atoms with E-state index in [1.54, 1.807) is 12.4 Å². The Bertz CT molecular complexity index is 619. The number of rotatable bonds is 6. The third-order valence-corrected chi connectivity index (χ3v) is 3.66. The zero-order valence-electron chi connectivity index (χ0n) is 13.3. The van der Waals surface area contributed by atoms with Gasteiger partial charge in [0, 0.05) is 31.2 Å². The lowest BCUT2D eigenvalue weighted by molar-refractivity contribution is 0.235. The maximum absolute atomic E-state index is 11.9. The molecule has 0 radical (unpaired) electrons. The Labute approximate surface area is 131 Å². The van der Waals surface area contributed by atoms with Gasteiger partial charge in [-0.2, -0.15) is 0 Å². The Hall–Kier alpha value is -2.37. The van der Waals surface area contributed by atoms with Gasteiger partial charge in [0.1, 0.15) is 11.6 Å². The number of aryl methyl sites for hydroxylation is 1. The Morgan fingerprint density at radius 3 is 2.68 bits per heavy atom. The maximum Gasteiger partial charge on any atom is 0.315 e. The van der Waals surface area contributed by atoms with Crippen molar-refractivity contribution in [2.45, 2.75) is 46.2 Å². The van der Waals surface area contributed by atoms with Crippen LogP contribution in [0.25, 0.3) is 5.82 Å². The van der Waals surface area contributed by atoms with Crippen LogP contribution in [0.3, 0.4) is 0 Å². The van der Waals surface area contributed by atoms with Gasteiger partial charge in [-0.15, -0.1) is 0 Å². The number of pyridine rings is 1. The van der Waals surface area contributed by atoms with Gasteiger partial charge in [-0.3, -0.25) is 4.57 Å². The van der Waals surface area contributed by atoms with Gasteiger partial charge in [-0.05, 0) is 37.5 Å². The first-order valence-electron chi connectivity index (χ1n) is 7.63. The number of hydrogen-bond donors (Lipinski definition) is 2. The Morgan fingerprint density at radius 1 is 1.27 bits per heavy atom. The minimum absolute atomic E-state index is 0.133. The van der Waals surface area contributed by atoms with Gasteiger partial charge < -0.3 is 10.6 Å². The van der Waals surface area contributed by atoms with Crippen LogP contribution >= 0.6 is 0 Å². The van der Waals surface area contributed by atoms with E-state index in [2.05, 4.69) is 34.4 Å². The molecule has 22 heavy (non-hydrogen) atoms. The van der Waals surface area contributed by atoms with E-state index in [0.29, 0.717) is 6.54 Å². The number of urea groups is 1. The zero-order valence-corrected chi connectivity index (χ0v) is 13.3. The Morgan fingerprint density at radius 2 is 2.05 bits per heavy atom. The minimum atomic E-state index is -0.133. The summed E-state index contributed by atoms with van der Waals surface area (Å²) in [6, 6.07) is 3.94. The molecular formula is C16H23N5O. The van der Waals surface area contributed by atoms with Crippen molar-refractivity contribution in [2.24, 2.45) is 0 Å². The van der Waals surface area contributed by atoms with Crippen molar-refractivity contribution in [3.05, 3.63) is 42.1 Å². The number of amides is 2. The first kappa shape index (κ1) is 16.0. The fourth-order valence-corrected chi connectivity index (χ4v) is 2.23. The lowest BCUT2D eigenvalue weighted by Crippen LogP contribution is -2.41. The highest BCUT2D eigenvalue weighted by Crippen LogP contribution is 2.09. The predicted molar refractivity (Wildman–Crippen MR) is 85.8 cm³/mol. The second kappa shape index (κ2) is 7.59. The fourth-order valence-electron chi connectivity index (χ4n) is 2.23. The standard InChI is InChI=1S/C16H23N5O/c1-4-14(5-2)20-16(22)19-11-13-6-7-18-15(10-13)21-9-8-17-12(21)3/h6-10,14H,4-5,11H2,1-3H3,(H2,19,20,22). The summed E-state index contributed by atoms with van der Waals surface area (Å²) in [5, 5.41) is 5.84. The minimum Gasteiger partial charge on any atom is -0.335 e. The molecule has 2 aromatic heterocycles. The normalized spacial score (nSPS) is 10.7. The Balaban J connectivity index is 1.97. The number of imidazole rings is 1. The molecule has 2 aromatic rings. The molecule has 0 unspecified atom stereocenters. The molecule has 2 heterocycles. The molecule has 0 aromatic carbocycles. The molecular weight excluding hydrogens is 278 g/mol. The summed E-state index contributed by atoms with van der Waals surface area (Å²) in [5.74, 6) is 1.68. The van der Waals surface area contributed by atoms with Crippen LogP contribution in [0.2, 0.25) is 0 Å². The summed E-state index contributed by atoms with van der Waals surface area (Å²) in [4.78, 5) is 20.4. The number of carbonyl (C=O) groups is 1. The number of carbonyl (C=O) groups excluding carboxylic acids is 1. The van der Waals surface area contributed by atoms with E-state index in [0.717, 1.165) is 30.0 Å². The van der Waals surface area contributed by atoms with E-state index >= 15 is 0 Å². The number of nitrogens with one attached hydrogen (secondary N) is 2. The van der Waals surface area contributed by atoms with E-state index in [9.17, 15) is 4.79 Å². The van der Waals surface area contributed by atoms with E-state index < -0.39 is 0 Å². The SMILES string of the molecule is CCC(CC)NC(=O)NCc1ccnc(-n2ccnc2C)c1. The van der Waals surface area contributed by atoms with E-state index in [1.165, 1.54) is 0 Å². The van der Waals surface area contributed by atoms with Crippen LogP contribution in [0.4, 0.5) is 4.79 Å². The molecule has 0 atom stereocenters. The molecule has 0 spiro atoms. The van der Waals surface area contributed by atoms with Crippen molar-refractivity contribution in [3.63, 3.8) is 0 Å². The summed E-state index contributed by atoms with van der Waals surface area (Å²) >= 11 is 0. The largest absolute Gasteiger partial charge is 0.335 e. The molecule has 0 aliphatic carbocycles. The second-order valence-electron chi connectivity index (χ2n) is 5.21. The highest BCUT2D eigenvalue weighted by molar-refractivity contribution is 5.74. The average Bonchev–Trinajstić information content (AvgIpc) is 2.97. The molecule has 118 valence electrons. The molecule has 0 fully saturated rings. The van der Waals surface area contributed by atoms with Crippen molar-refractivity contribution in [2.75, 3.05) is 0 Å². The van der Waals surface area contributed by atoms with Gasteiger partial charge >= 0.3 is 6.03 Å². The topological polar surface area (TPSA) is 71.8 Å². The Kier molecular flexibility index (Phi) is 5.52. The molecule has 6 nitrogen and oxygen atoms in total. The van der Waals surface area contributed by atoms with Gasteiger partial charge in [-0.25, -0.2) is 14.8 Å². The third-order valence-electron chi connectivity index (χ3n) is 3.66. The van der Waals surface area contributed by atoms with Crippen LogP contribution in [0.1, 0.15) is 38.1 Å². The zero-order chi connectivity index (χ0) is 15.9. The van der Waals surface area contributed by atoms with E-state index in [4.69, 9.17) is 0 Å². The van der Waals surface area contributed by atoms with Gasteiger partial charge in [0.25, 0.3) is 0 Å². The second-order valence-corrected chi connectivity index (χ2v) is 5.21. The summed E-state index contributed by atoms with van der Waals surface area (Å²) in [5.41, 5.74) is 0.998. The molecule has 2 N–H and O–H groups in total. The summed E-state index contributed by atoms with van der Waals surface area (Å²) in [7, 11) is 0. The first-order valence-corrected chi connectivity index (χ1v) is 7.63. The average molecular weight is 301 g/mol. The lowest BCUT2D eigenvalue weighted by Gasteiger charge is -2.15. The molecule has 6 heteroatoms. The van der Waals surface area contributed by atoms with Crippen LogP contribution in [-0.4, -0.2) is 26.6 Å². The van der Waals surface area contributed by atoms with Crippen LogP contribution in [0.5, 0.6) is 0 Å². The number of nitrogens with zero attached hydrogens (tertiary/aromatic N) is 3. The number of hydrogen-bond acceptors (Lipinski definition) is 3. The van der Waals surface area contributed by atoms with Gasteiger partial charge in [-0.1, -0.05) is 13.8 Å².